The van der Waals surface area contributed by atoms with Crippen molar-refractivity contribution in [1.29, 1.82) is 0 Å². The molecule has 5 nitrogen and oxygen atoms in total. The summed E-state index contributed by atoms with van der Waals surface area (Å²) in [5.41, 5.74) is 0. The molecule has 2 aliphatic carbocycles. The topological polar surface area (TPSA) is 79.5 Å². The maximum atomic E-state index is 11.9. The van der Waals surface area contributed by atoms with Crippen LogP contribution in [0.15, 0.2) is 16.5 Å². The van der Waals surface area contributed by atoms with E-state index < -0.39 is 5.97 Å². The second kappa shape index (κ2) is 4.15. The molecule has 0 spiro atoms. The molecule has 1 aromatic heterocycles. The van der Waals surface area contributed by atoms with Crippen LogP contribution in [0.5, 0.6) is 0 Å². The van der Waals surface area contributed by atoms with Gasteiger partial charge >= 0.3 is 5.97 Å². The summed E-state index contributed by atoms with van der Waals surface area (Å²) < 4.78 is 4.99. The van der Waals surface area contributed by atoms with Gasteiger partial charge in [-0.25, -0.2) is 4.79 Å². The molecule has 3 unspecified atom stereocenters. The van der Waals surface area contributed by atoms with Crippen LogP contribution in [0, 0.1) is 11.8 Å². The Bertz CT molecular complexity index is 493. The molecule has 3 rings (SSSR count). The number of rotatable bonds is 3. The number of aromatic carboxylic acids is 1. The van der Waals surface area contributed by atoms with E-state index in [2.05, 4.69) is 5.32 Å². The highest BCUT2D eigenvalue weighted by Gasteiger charge is 2.40. The van der Waals surface area contributed by atoms with E-state index in [0.717, 1.165) is 12.3 Å². The highest BCUT2D eigenvalue weighted by atomic mass is 16.4. The zero-order valence-electron chi connectivity index (χ0n) is 9.89. The molecule has 1 heterocycles. The Labute approximate surface area is 104 Å². The Morgan fingerprint density at radius 3 is 2.56 bits per heavy atom. The molecular weight excluding hydrogens is 234 g/mol. The molecular formula is C13H15NO4. The summed E-state index contributed by atoms with van der Waals surface area (Å²) in [6, 6.07) is 2.94. The van der Waals surface area contributed by atoms with Gasteiger partial charge in [0.05, 0.1) is 0 Å². The summed E-state index contributed by atoms with van der Waals surface area (Å²) in [4.78, 5) is 22.6. The molecule has 3 atom stereocenters. The van der Waals surface area contributed by atoms with Crippen molar-refractivity contribution in [2.24, 2.45) is 11.8 Å². The fourth-order valence-electron chi connectivity index (χ4n) is 3.24. The number of nitrogens with one attached hydrogen (secondary N) is 1. The lowest BCUT2D eigenvalue weighted by atomic mass is 9.95. The number of carbonyl (C=O) groups excluding carboxylic acids is 1. The number of hydrogen-bond donors (Lipinski definition) is 2. The van der Waals surface area contributed by atoms with Crippen molar-refractivity contribution in [2.75, 3.05) is 0 Å². The quantitative estimate of drug-likeness (QED) is 0.857. The molecule has 0 radical (unpaired) electrons. The van der Waals surface area contributed by atoms with Crippen molar-refractivity contribution in [3.05, 3.63) is 23.7 Å². The van der Waals surface area contributed by atoms with Gasteiger partial charge in [-0.1, -0.05) is 6.42 Å². The van der Waals surface area contributed by atoms with Gasteiger partial charge in [-0.3, -0.25) is 4.79 Å². The fourth-order valence-corrected chi connectivity index (χ4v) is 3.24. The normalized spacial score (nSPS) is 29.4. The van der Waals surface area contributed by atoms with E-state index in [4.69, 9.17) is 9.52 Å². The van der Waals surface area contributed by atoms with E-state index in [9.17, 15) is 9.59 Å². The number of amides is 1. The van der Waals surface area contributed by atoms with Crippen LogP contribution in [0.25, 0.3) is 0 Å². The zero-order valence-corrected chi connectivity index (χ0v) is 9.89. The van der Waals surface area contributed by atoms with Gasteiger partial charge in [-0.2, -0.15) is 0 Å². The Morgan fingerprint density at radius 2 is 2.00 bits per heavy atom. The first-order valence-electron chi connectivity index (χ1n) is 6.27. The van der Waals surface area contributed by atoms with Crippen molar-refractivity contribution in [2.45, 2.75) is 31.7 Å². The lowest BCUT2D eigenvalue weighted by Crippen LogP contribution is -2.38. The maximum absolute atomic E-state index is 11.9. The maximum Gasteiger partial charge on any atom is 0.371 e. The average molecular weight is 249 g/mol. The van der Waals surface area contributed by atoms with Crippen molar-refractivity contribution < 1.29 is 19.1 Å². The first kappa shape index (κ1) is 11.3. The number of hydrogen-bond acceptors (Lipinski definition) is 3. The molecule has 2 fully saturated rings. The third-order valence-electron chi connectivity index (χ3n) is 4.10. The van der Waals surface area contributed by atoms with Crippen LogP contribution in [0.2, 0.25) is 0 Å². The Kier molecular flexibility index (Phi) is 2.61. The molecule has 96 valence electrons. The van der Waals surface area contributed by atoms with E-state index in [-0.39, 0.29) is 23.5 Å². The zero-order chi connectivity index (χ0) is 12.7. The molecule has 0 aliphatic heterocycles. The van der Waals surface area contributed by atoms with Gasteiger partial charge in [0.25, 0.3) is 5.91 Å². The molecule has 1 amide bonds. The molecule has 1 aromatic rings. The lowest BCUT2D eigenvalue weighted by molar-refractivity contribution is 0.0659. The molecule has 18 heavy (non-hydrogen) atoms. The average Bonchev–Trinajstić information content (AvgIpc) is 3.04. The summed E-state index contributed by atoms with van der Waals surface area (Å²) >= 11 is 0. The molecule has 2 aliphatic rings. The standard InChI is InChI=1S/C13H15NO4/c15-12(10-3-4-11(18-10)13(16)17)14-9-6-7-1-2-8(9)5-7/h3-4,7-9H,1-2,5-6H2,(H,14,15)(H,16,17). The van der Waals surface area contributed by atoms with Crippen LogP contribution in [0.3, 0.4) is 0 Å². The van der Waals surface area contributed by atoms with Gasteiger partial charge in [0.15, 0.2) is 5.76 Å². The largest absolute Gasteiger partial charge is 0.475 e. The molecule has 0 aromatic carbocycles. The minimum Gasteiger partial charge on any atom is -0.475 e. The van der Waals surface area contributed by atoms with Crippen LogP contribution in [0.4, 0.5) is 0 Å². The van der Waals surface area contributed by atoms with Gasteiger partial charge in [-0.05, 0) is 43.2 Å². The highest BCUT2D eigenvalue weighted by Crippen LogP contribution is 2.44. The van der Waals surface area contributed by atoms with Gasteiger partial charge in [-0.15, -0.1) is 0 Å². The minimum absolute atomic E-state index is 0.0789. The van der Waals surface area contributed by atoms with Gasteiger partial charge in [0, 0.05) is 6.04 Å². The van der Waals surface area contributed by atoms with Crippen LogP contribution < -0.4 is 5.32 Å². The molecule has 2 N–H and O–H groups in total. The van der Waals surface area contributed by atoms with Gasteiger partial charge in [0.2, 0.25) is 5.76 Å². The number of fused-ring (bicyclic) bond motifs is 2. The Morgan fingerprint density at radius 1 is 1.22 bits per heavy atom. The van der Waals surface area contributed by atoms with E-state index in [1.807, 2.05) is 0 Å². The Balaban J connectivity index is 1.65. The number of carboxylic acid groups (broad SMARTS) is 1. The SMILES string of the molecule is O=C(O)c1ccc(C(=O)NC2CC3CCC2C3)o1. The molecule has 5 heteroatoms. The highest BCUT2D eigenvalue weighted by molar-refractivity contribution is 5.93. The predicted molar refractivity (Wildman–Crippen MR) is 62.4 cm³/mol. The Hall–Kier alpha value is -1.78. The van der Waals surface area contributed by atoms with Gasteiger partial charge < -0.3 is 14.8 Å². The van der Waals surface area contributed by atoms with Gasteiger partial charge in [0.1, 0.15) is 0 Å². The monoisotopic (exact) mass is 249 g/mol. The van der Waals surface area contributed by atoms with Crippen molar-refractivity contribution >= 4 is 11.9 Å². The summed E-state index contributed by atoms with van der Waals surface area (Å²) in [5.74, 6) is -0.239. The summed E-state index contributed by atoms with van der Waals surface area (Å²) in [6.07, 6.45) is 4.72. The van der Waals surface area contributed by atoms with Crippen molar-refractivity contribution in [3.8, 4) is 0 Å². The molecule has 2 saturated carbocycles. The summed E-state index contributed by atoms with van der Waals surface area (Å²) in [7, 11) is 0. The second-order valence-corrected chi connectivity index (χ2v) is 5.22. The third-order valence-corrected chi connectivity index (χ3v) is 4.10. The summed E-state index contributed by atoms with van der Waals surface area (Å²) in [6.45, 7) is 0. The van der Waals surface area contributed by atoms with Crippen LogP contribution in [0.1, 0.15) is 46.8 Å². The molecule has 2 bridgehead atoms. The van der Waals surface area contributed by atoms with E-state index >= 15 is 0 Å². The number of carbonyl (C=O) groups is 2. The van der Waals surface area contributed by atoms with Crippen molar-refractivity contribution in [3.63, 3.8) is 0 Å². The third kappa shape index (κ3) is 1.89. The van der Waals surface area contributed by atoms with Crippen molar-refractivity contribution in [1.82, 2.24) is 5.32 Å². The smallest absolute Gasteiger partial charge is 0.371 e. The van der Waals surface area contributed by atoms with Crippen LogP contribution in [-0.4, -0.2) is 23.0 Å². The second-order valence-electron chi connectivity index (χ2n) is 5.22. The van der Waals surface area contributed by atoms with E-state index in [1.165, 1.54) is 31.4 Å². The first-order valence-corrected chi connectivity index (χ1v) is 6.27. The minimum atomic E-state index is -1.16. The van der Waals surface area contributed by atoms with E-state index in [1.54, 1.807) is 0 Å². The number of carboxylic acids is 1. The predicted octanol–water partition coefficient (Wildman–Crippen LogP) is 1.90. The van der Waals surface area contributed by atoms with E-state index in [0.29, 0.717) is 5.92 Å². The first-order chi connectivity index (χ1) is 8.63. The van der Waals surface area contributed by atoms with Crippen LogP contribution >= 0.6 is 0 Å². The lowest BCUT2D eigenvalue weighted by Gasteiger charge is -2.22. The molecule has 0 saturated heterocycles. The summed E-state index contributed by atoms with van der Waals surface area (Å²) in [5, 5.41) is 11.7. The number of furan rings is 1. The fraction of sp³-hybridized carbons (Fsp3) is 0.538. The van der Waals surface area contributed by atoms with Crippen LogP contribution in [-0.2, 0) is 0 Å².